The van der Waals surface area contributed by atoms with Crippen molar-refractivity contribution in [2.24, 2.45) is 10.9 Å². The standard InChI is InChI=1S/C31H27FN2O6/c1-40-31(39)20-8-6-19(7-9-20)30-29-24(16-21(17-26(29)35)18-10-12-22(32)13-11-18)33-23-4-2-3-5-25(23)34(30)27(36)14-15-28(37)38/h2-13,21,29-30H,14-17H2,1H3,(H,37,38). The number of anilines is 1. The van der Waals surface area contributed by atoms with Gasteiger partial charge in [0.05, 0.1) is 42.4 Å². The van der Waals surface area contributed by atoms with Gasteiger partial charge in [-0.05, 0) is 59.9 Å². The zero-order chi connectivity index (χ0) is 28.4. The van der Waals surface area contributed by atoms with Gasteiger partial charge in [0.1, 0.15) is 11.6 Å². The smallest absolute Gasteiger partial charge is 0.337 e. The summed E-state index contributed by atoms with van der Waals surface area (Å²) in [5, 5.41) is 9.27. The van der Waals surface area contributed by atoms with Gasteiger partial charge in [0, 0.05) is 18.6 Å². The molecule has 0 aromatic heterocycles. The lowest BCUT2D eigenvalue weighted by molar-refractivity contribution is -0.138. The van der Waals surface area contributed by atoms with Gasteiger partial charge in [-0.1, -0.05) is 36.4 Å². The van der Waals surface area contributed by atoms with Gasteiger partial charge < -0.3 is 14.7 Å². The van der Waals surface area contributed by atoms with Crippen molar-refractivity contribution in [3.8, 4) is 0 Å². The molecule has 1 aliphatic carbocycles. The number of para-hydroxylation sites is 2. The number of benzene rings is 3. The van der Waals surface area contributed by atoms with Crippen molar-refractivity contribution < 1.29 is 33.4 Å². The van der Waals surface area contributed by atoms with E-state index in [1.807, 2.05) is 0 Å². The van der Waals surface area contributed by atoms with Crippen LogP contribution in [0.4, 0.5) is 15.8 Å². The van der Waals surface area contributed by atoms with E-state index in [2.05, 4.69) is 0 Å². The third-order valence-electron chi connectivity index (χ3n) is 7.44. The lowest BCUT2D eigenvalue weighted by atomic mass is 9.72. The number of rotatable bonds is 6. The Bertz CT molecular complexity index is 1500. The van der Waals surface area contributed by atoms with Crippen molar-refractivity contribution in [3.05, 3.63) is 95.3 Å². The summed E-state index contributed by atoms with van der Waals surface area (Å²) in [7, 11) is 1.28. The van der Waals surface area contributed by atoms with E-state index in [-0.39, 0.29) is 36.8 Å². The number of ether oxygens (including phenoxy) is 1. The third kappa shape index (κ3) is 5.27. The van der Waals surface area contributed by atoms with E-state index in [9.17, 15) is 28.7 Å². The summed E-state index contributed by atoms with van der Waals surface area (Å²) in [5.74, 6) is -3.61. The Labute approximate surface area is 230 Å². The van der Waals surface area contributed by atoms with Crippen molar-refractivity contribution in [1.29, 1.82) is 0 Å². The van der Waals surface area contributed by atoms with E-state index in [0.717, 1.165) is 5.56 Å². The van der Waals surface area contributed by atoms with Crippen molar-refractivity contribution in [2.45, 2.75) is 37.6 Å². The number of hydrogen-bond acceptors (Lipinski definition) is 6. The maximum atomic E-state index is 14.0. The Hall–Kier alpha value is -4.66. The molecular formula is C31H27FN2O6. The molecule has 8 nitrogen and oxygen atoms in total. The van der Waals surface area contributed by atoms with Crippen LogP contribution in [0.3, 0.4) is 0 Å². The second-order valence-corrected chi connectivity index (χ2v) is 9.91. The molecule has 1 heterocycles. The molecule has 0 radical (unpaired) electrons. The van der Waals surface area contributed by atoms with E-state index in [1.54, 1.807) is 60.7 Å². The molecule has 3 atom stereocenters. The summed E-state index contributed by atoms with van der Waals surface area (Å²) < 4.78 is 18.4. The van der Waals surface area contributed by atoms with Crippen molar-refractivity contribution >= 4 is 40.7 Å². The number of carbonyl (C=O) groups excluding carboxylic acids is 3. The normalized spacial score (nSPS) is 20.1. The highest BCUT2D eigenvalue weighted by Crippen LogP contribution is 2.47. The first-order valence-electron chi connectivity index (χ1n) is 12.9. The number of halogens is 1. The molecule has 1 N–H and O–H groups in total. The quantitative estimate of drug-likeness (QED) is 0.417. The first-order chi connectivity index (χ1) is 19.3. The summed E-state index contributed by atoms with van der Waals surface area (Å²) in [5.41, 5.74) is 3.28. The topological polar surface area (TPSA) is 113 Å². The van der Waals surface area contributed by atoms with Crippen LogP contribution in [0.2, 0.25) is 0 Å². The number of nitrogens with zero attached hydrogens (tertiary/aromatic N) is 2. The predicted molar refractivity (Wildman–Crippen MR) is 145 cm³/mol. The van der Waals surface area contributed by atoms with Gasteiger partial charge in [-0.3, -0.25) is 19.4 Å². The molecule has 0 spiro atoms. The lowest BCUT2D eigenvalue weighted by Gasteiger charge is -2.39. The van der Waals surface area contributed by atoms with Gasteiger partial charge in [-0.25, -0.2) is 9.18 Å². The Morgan fingerprint density at radius 2 is 1.62 bits per heavy atom. The van der Waals surface area contributed by atoms with Gasteiger partial charge in [0.2, 0.25) is 5.91 Å². The minimum Gasteiger partial charge on any atom is -0.481 e. The van der Waals surface area contributed by atoms with Crippen LogP contribution in [0.25, 0.3) is 0 Å². The first kappa shape index (κ1) is 26.9. The molecule has 1 saturated carbocycles. The summed E-state index contributed by atoms with van der Waals surface area (Å²) in [6, 6.07) is 18.8. The van der Waals surface area contributed by atoms with Crippen LogP contribution in [0.1, 0.15) is 59.1 Å². The zero-order valence-electron chi connectivity index (χ0n) is 21.7. The minimum absolute atomic E-state index is 0.134. The summed E-state index contributed by atoms with van der Waals surface area (Å²) in [6.45, 7) is 0. The number of carboxylic acids is 1. The van der Waals surface area contributed by atoms with Crippen LogP contribution in [0.5, 0.6) is 0 Å². The maximum Gasteiger partial charge on any atom is 0.337 e. The van der Waals surface area contributed by atoms with Crippen molar-refractivity contribution in [2.75, 3.05) is 12.0 Å². The molecule has 1 amide bonds. The fourth-order valence-electron chi connectivity index (χ4n) is 5.57. The Kier molecular flexibility index (Phi) is 7.55. The number of aliphatic imine (C=N–C) groups is 1. The highest BCUT2D eigenvalue weighted by atomic mass is 19.1. The zero-order valence-corrected chi connectivity index (χ0v) is 21.7. The predicted octanol–water partition coefficient (Wildman–Crippen LogP) is 5.40. The van der Waals surface area contributed by atoms with Gasteiger partial charge in [-0.15, -0.1) is 0 Å². The maximum absolute atomic E-state index is 14.0. The summed E-state index contributed by atoms with van der Waals surface area (Å²) in [6.07, 6.45) is -0.0524. The molecule has 204 valence electrons. The van der Waals surface area contributed by atoms with E-state index in [4.69, 9.17) is 9.73 Å². The monoisotopic (exact) mass is 542 g/mol. The van der Waals surface area contributed by atoms with Crippen LogP contribution in [0.15, 0.2) is 77.8 Å². The first-order valence-corrected chi connectivity index (χ1v) is 12.9. The highest BCUT2D eigenvalue weighted by molar-refractivity contribution is 6.13. The molecule has 3 aromatic carbocycles. The SMILES string of the molecule is COC(=O)c1ccc(C2C3C(=O)CC(c4ccc(F)cc4)CC3=Nc3ccccc3N2C(=O)CCC(=O)O)cc1. The lowest BCUT2D eigenvalue weighted by Crippen LogP contribution is -2.45. The molecule has 0 saturated heterocycles. The molecule has 5 rings (SSSR count). The number of carboxylic acid groups (broad SMARTS) is 1. The Morgan fingerprint density at radius 3 is 2.30 bits per heavy atom. The van der Waals surface area contributed by atoms with Crippen LogP contribution in [-0.2, 0) is 19.1 Å². The number of carbonyl (C=O) groups is 4. The van der Waals surface area contributed by atoms with E-state index >= 15 is 0 Å². The van der Waals surface area contributed by atoms with E-state index in [1.165, 1.54) is 24.1 Å². The second-order valence-electron chi connectivity index (χ2n) is 9.91. The number of methoxy groups -OCH3 is 1. The molecule has 1 aliphatic heterocycles. The highest BCUT2D eigenvalue weighted by Gasteiger charge is 2.46. The molecule has 3 aromatic rings. The van der Waals surface area contributed by atoms with Gasteiger partial charge in [0.25, 0.3) is 0 Å². The third-order valence-corrected chi connectivity index (χ3v) is 7.44. The number of hydrogen-bond donors (Lipinski definition) is 1. The molecule has 9 heteroatoms. The second kappa shape index (κ2) is 11.2. The largest absolute Gasteiger partial charge is 0.481 e. The number of amides is 1. The number of Topliss-reactive ketones (excluding diaryl/α,β-unsaturated/α-hetero) is 1. The fourth-order valence-corrected chi connectivity index (χ4v) is 5.57. The molecule has 3 unspecified atom stereocenters. The van der Waals surface area contributed by atoms with Gasteiger partial charge in [0.15, 0.2) is 0 Å². The Morgan fingerprint density at radius 1 is 0.950 bits per heavy atom. The average molecular weight is 543 g/mol. The fraction of sp³-hybridized carbons (Fsp3) is 0.258. The average Bonchev–Trinajstić information content (AvgIpc) is 3.10. The van der Waals surface area contributed by atoms with E-state index < -0.39 is 29.8 Å². The van der Waals surface area contributed by atoms with E-state index in [0.29, 0.717) is 34.6 Å². The van der Waals surface area contributed by atoms with Gasteiger partial charge in [-0.2, -0.15) is 0 Å². The van der Waals surface area contributed by atoms with Crippen molar-refractivity contribution in [3.63, 3.8) is 0 Å². The van der Waals surface area contributed by atoms with Crippen molar-refractivity contribution in [1.82, 2.24) is 0 Å². The minimum atomic E-state index is -1.11. The molecule has 1 fully saturated rings. The summed E-state index contributed by atoms with van der Waals surface area (Å²) in [4.78, 5) is 57.5. The molecule has 40 heavy (non-hydrogen) atoms. The van der Waals surface area contributed by atoms with Crippen LogP contribution < -0.4 is 4.90 Å². The van der Waals surface area contributed by atoms with Crippen LogP contribution in [-0.4, -0.2) is 41.6 Å². The van der Waals surface area contributed by atoms with Crippen LogP contribution >= 0.6 is 0 Å². The van der Waals surface area contributed by atoms with Crippen LogP contribution in [0, 0.1) is 11.7 Å². The number of ketones is 1. The number of esters is 1. The number of aliphatic carboxylic acids is 1. The molecular weight excluding hydrogens is 515 g/mol. The molecule has 0 bridgehead atoms. The number of fused-ring (bicyclic) bond motifs is 2. The molecule has 2 aliphatic rings. The Balaban J connectivity index is 1.64. The van der Waals surface area contributed by atoms with Gasteiger partial charge >= 0.3 is 11.9 Å². The summed E-state index contributed by atoms with van der Waals surface area (Å²) >= 11 is 0.